The lowest BCUT2D eigenvalue weighted by molar-refractivity contribution is -0.0986. The minimum Gasteiger partial charge on any atom is -0.379 e. The van der Waals surface area contributed by atoms with E-state index in [4.69, 9.17) is 4.74 Å². The quantitative estimate of drug-likeness (QED) is 0.863. The molecular formula is C14H18FNO. The van der Waals surface area contributed by atoms with Gasteiger partial charge in [0, 0.05) is 12.0 Å². The summed E-state index contributed by atoms with van der Waals surface area (Å²) in [5.41, 5.74) is 1.68. The summed E-state index contributed by atoms with van der Waals surface area (Å²) in [6.07, 6.45) is 2.49. The number of hydrogen-bond acceptors (Lipinski definition) is 2. The summed E-state index contributed by atoms with van der Waals surface area (Å²) in [7, 11) is 2.00. The third kappa shape index (κ3) is 1.53. The average Bonchev–Trinajstić information content (AvgIpc) is 3.01. The average molecular weight is 235 g/mol. The Bertz CT molecular complexity index is 407. The molecule has 0 amide bonds. The van der Waals surface area contributed by atoms with Gasteiger partial charge in [-0.25, -0.2) is 4.39 Å². The second-order valence-electron chi connectivity index (χ2n) is 5.39. The van der Waals surface area contributed by atoms with Crippen molar-refractivity contribution in [3.63, 3.8) is 0 Å². The van der Waals surface area contributed by atoms with E-state index in [9.17, 15) is 4.39 Å². The molecule has 0 bridgehead atoms. The lowest BCUT2D eigenvalue weighted by atomic mass is 9.66. The highest BCUT2D eigenvalue weighted by Crippen LogP contribution is 2.62. The second kappa shape index (κ2) is 3.79. The Balaban J connectivity index is 1.94. The van der Waals surface area contributed by atoms with Crippen LogP contribution in [-0.2, 0) is 10.2 Å². The molecule has 2 fully saturated rings. The first-order valence-corrected chi connectivity index (χ1v) is 6.21. The van der Waals surface area contributed by atoms with Crippen molar-refractivity contribution in [2.75, 3.05) is 26.8 Å². The van der Waals surface area contributed by atoms with E-state index in [1.807, 2.05) is 19.2 Å². The molecular weight excluding hydrogens is 217 g/mol. The molecule has 1 aromatic rings. The van der Waals surface area contributed by atoms with Gasteiger partial charge in [-0.2, -0.15) is 0 Å². The molecule has 92 valence electrons. The maximum absolute atomic E-state index is 13.0. The van der Waals surface area contributed by atoms with Crippen LogP contribution in [0.1, 0.15) is 18.4 Å². The highest BCUT2D eigenvalue weighted by Gasteiger charge is 2.62. The molecule has 2 aliphatic rings. The molecule has 1 saturated carbocycles. The van der Waals surface area contributed by atoms with E-state index < -0.39 is 0 Å². The fourth-order valence-electron chi connectivity index (χ4n) is 3.17. The van der Waals surface area contributed by atoms with Gasteiger partial charge in [0.05, 0.1) is 13.2 Å². The van der Waals surface area contributed by atoms with Crippen molar-refractivity contribution in [3.8, 4) is 0 Å². The predicted molar refractivity (Wildman–Crippen MR) is 64.5 cm³/mol. The van der Waals surface area contributed by atoms with E-state index in [0.717, 1.165) is 19.8 Å². The van der Waals surface area contributed by atoms with Crippen LogP contribution in [0.15, 0.2) is 24.3 Å². The van der Waals surface area contributed by atoms with E-state index in [1.165, 1.54) is 18.4 Å². The van der Waals surface area contributed by atoms with Crippen molar-refractivity contribution in [1.82, 2.24) is 5.32 Å². The molecule has 0 atom stereocenters. The number of nitrogens with one attached hydrogen (secondary N) is 1. The van der Waals surface area contributed by atoms with Crippen LogP contribution in [0.3, 0.4) is 0 Å². The van der Waals surface area contributed by atoms with E-state index >= 15 is 0 Å². The van der Waals surface area contributed by atoms with Crippen LogP contribution >= 0.6 is 0 Å². The van der Waals surface area contributed by atoms with Crippen LogP contribution in [0.4, 0.5) is 4.39 Å². The molecule has 0 spiro atoms. The summed E-state index contributed by atoms with van der Waals surface area (Å²) in [5, 5.41) is 3.30. The molecule has 0 radical (unpaired) electrons. The highest BCUT2D eigenvalue weighted by molar-refractivity contribution is 5.35. The molecule has 1 N–H and O–H groups in total. The topological polar surface area (TPSA) is 21.3 Å². The van der Waals surface area contributed by atoms with Crippen molar-refractivity contribution >= 4 is 0 Å². The molecule has 0 unspecified atom stereocenters. The van der Waals surface area contributed by atoms with Crippen LogP contribution in [-0.4, -0.2) is 26.8 Å². The Morgan fingerprint density at radius 1 is 1.24 bits per heavy atom. The SMILES string of the molecule is CNCC1(C2(c3ccc(F)cc3)COC2)CC1. The fraction of sp³-hybridized carbons (Fsp3) is 0.571. The van der Waals surface area contributed by atoms with Crippen molar-refractivity contribution < 1.29 is 9.13 Å². The molecule has 0 aromatic heterocycles. The van der Waals surface area contributed by atoms with Gasteiger partial charge in [0.2, 0.25) is 0 Å². The predicted octanol–water partition coefficient (Wildman–Crippen LogP) is 2.09. The number of halogens is 1. The van der Waals surface area contributed by atoms with Gasteiger partial charge in [-0.15, -0.1) is 0 Å². The maximum atomic E-state index is 13.0. The van der Waals surface area contributed by atoms with Crippen LogP contribution in [0.2, 0.25) is 0 Å². The standard InChI is InChI=1S/C14H18FNO/c1-16-8-13(6-7-13)14(9-17-10-14)11-2-4-12(15)5-3-11/h2-5,16H,6-10H2,1H3. The van der Waals surface area contributed by atoms with Crippen LogP contribution < -0.4 is 5.32 Å². The summed E-state index contributed by atoms with van der Waals surface area (Å²) in [6, 6.07) is 6.97. The largest absolute Gasteiger partial charge is 0.379 e. The first-order chi connectivity index (χ1) is 8.22. The lowest BCUT2D eigenvalue weighted by Crippen LogP contribution is -2.56. The van der Waals surface area contributed by atoms with E-state index in [1.54, 1.807) is 12.1 Å². The molecule has 3 heteroatoms. The summed E-state index contributed by atoms with van der Waals surface area (Å²) in [4.78, 5) is 0. The molecule has 1 aliphatic heterocycles. The zero-order valence-electron chi connectivity index (χ0n) is 10.1. The van der Waals surface area contributed by atoms with Gasteiger partial charge >= 0.3 is 0 Å². The third-order valence-corrected chi connectivity index (χ3v) is 4.48. The third-order valence-electron chi connectivity index (χ3n) is 4.48. The summed E-state index contributed by atoms with van der Waals surface area (Å²) < 4.78 is 18.5. The van der Waals surface area contributed by atoms with E-state index in [0.29, 0.717) is 5.41 Å². The van der Waals surface area contributed by atoms with Crippen LogP contribution in [0.5, 0.6) is 0 Å². The Morgan fingerprint density at radius 2 is 1.88 bits per heavy atom. The Morgan fingerprint density at radius 3 is 2.29 bits per heavy atom. The van der Waals surface area contributed by atoms with Crippen molar-refractivity contribution in [3.05, 3.63) is 35.6 Å². The molecule has 2 nitrogen and oxygen atoms in total. The number of rotatable bonds is 4. The van der Waals surface area contributed by atoms with Crippen molar-refractivity contribution in [1.29, 1.82) is 0 Å². The smallest absolute Gasteiger partial charge is 0.123 e. The zero-order chi connectivity index (χ0) is 11.9. The zero-order valence-corrected chi connectivity index (χ0v) is 10.1. The van der Waals surface area contributed by atoms with Gasteiger partial charge in [0.1, 0.15) is 5.82 Å². The van der Waals surface area contributed by atoms with Gasteiger partial charge in [0.25, 0.3) is 0 Å². The Labute approximate surface area is 101 Å². The van der Waals surface area contributed by atoms with Gasteiger partial charge in [-0.1, -0.05) is 12.1 Å². The Kier molecular flexibility index (Phi) is 2.49. The maximum Gasteiger partial charge on any atom is 0.123 e. The lowest BCUT2D eigenvalue weighted by Gasteiger charge is -2.48. The number of hydrogen-bond donors (Lipinski definition) is 1. The van der Waals surface area contributed by atoms with Crippen molar-refractivity contribution in [2.45, 2.75) is 18.3 Å². The fourth-order valence-corrected chi connectivity index (χ4v) is 3.17. The normalized spacial score (nSPS) is 24.1. The Hall–Kier alpha value is -0.930. The minimum atomic E-state index is -0.164. The first kappa shape index (κ1) is 11.2. The minimum absolute atomic E-state index is 0.115. The molecule has 1 saturated heterocycles. The van der Waals surface area contributed by atoms with Gasteiger partial charge in [0.15, 0.2) is 0 Å². The summed E-state index contributed by atoms with van der Waals surface area (Å²) >= 11 is 0. The summed E-state index contributed by atoms with van der Waals surface area (Å²) in [6.45, 7) is 2.58. The number of benzene rings is 1. The van der Waals surface area contributed by atoms with Crippen LogP contribution in [0.25, 0.3) is 0 Å². The van der Waals surface area contributed by atoms with Gasteiger partial charge in [-0.05, 0) is 43.0 Å². The molecule has 1 heterocycles. The monoisotopic (exact) mass is 235 g/mol. The molecule has 1 aromatic carbocycles. The van der Waals surface area contributed by atoms with Crippen molar-refractivity contribution in [2.24, 2.45) is 5.41 Å². The van der Waals surface area contributed by atoms with Gasteiger partial charge < -0.3 is 10.1 Å². The highest BCUT2D eigenvalue weighted by atomic mass is 19.1. The molecule has 17 heavy (non-hydrogen) atoms. The molecule has 1 aliphatic carbocycles. The van der Waals surface area contributed by atoms with Gasteiger partial charge in [-0.3, -0.25) is 0 Å². The number of ether oxygens (including phenoxy) is 1. The van der Waals surface area contributed by atoms with Crippen LogP contribution in [0, 0.1) is 11.2 Å². The first-order valence-electron chi connectivity index (χ1n) is 6.21. The van der Waals surface area contributed by atoms with E-state index in [-0.39, 0.29) is 11.2 Å². The summed E-state index contributed by atoms with van der Waals surface area (Å²) in [5.74, 6) is -0.164. The van der Waals surface area contributed by atoms with E-state index in [2.05, 4.69) is 5.32 Å². The molecule has 3 rings (SSSR count). The second-order valence-corrected chi connectivity index (χ2v) is 5.39.